The van der Waals surface area contributed by atoms with Crippen LogP contribution in [-0.4, -0.2) is 23.1 Å². The highest BCUT2D eigenvalue weighted by Crippen LogP contribution is 2.48. The lowest BCUT2D eigenvalue weighted by molar-refractivity contribution is -0.152. The molecule has 1 aromatic carbocycles. The molecule has 4 rings (SSSR count). The van der Waals surface area contributed by atoms with Crippen molar-refractivity contribution in [3.8, 4) is 5.75 Å². The Morgan fingerprint density at radius 1 is 1.09 bits per heavy atom. The molecular formula is C19H24N2O2. The Kier molecular flexibility index (Phi) is 2.83. The van der Waals surface area contributed by atoms with Gasteiger partial charge in [0.2, 0.25) is 5.72 Å². The summed E-state index contributed by atoms with van der Waals surface area (Å²) in [6, 6.07) is 6.25. The molecule has 0 radical (unpaired) electrons. The lowest BCUT2D eigenvalue weighted by Crippen LogP contribution is -2.64. The molecule has 1 aromatic rings. The number of fused-ring (bicyclic) bond motifs is 2. The van der Waals surface area contributed by atoms with Gasteiger partial charge in [-0.25, -0.2) is 0 Å². The van der Waals surface area contributed by atoms with Gasteiger partial charge in [0.1, 0.15) is 11.4 Å². The molecule has 0 bridgehead atoms. The smallest absolute Gasteiger partial charge is 0.220 e. The highest BCUT2D eigenvalue weighted by molar-refractivity contribution is 5.66. The van der Waals surface area contributed by atoms with Crippen molar-refractivity contribution >= 4 is 5.69 Å². The zero-order chi connectivity index (χ0) is 16.5. The fraction of sp³-hybridized carbons (Fsp3) is 0.474. The Labute approximate surface area is 137 Å². The topological polar surface area (TPSA) is 42.5 Å². The molecule has 4 atom stereocenters. The van der Waals surface area contributed by atoms with Crippen molar-refractivity contribution in [1.29, 1.82) is 0 Å². The van der Waals surface area contributed by atoms with Crippen molar-refractivity contribution < 1.29 is 9.47 Å². The standard InChI is InChI=1S/C19H24N2O2/c1-12-8-6-10-14-15(12)20-18(4,22-14)19(5)21-16-13(2)9-7-11-17(16,3)23-19/h6-11,16,20-21H,1-5H3. The first kappa shape index (κ1) is 14.8. The molecule has 122 valence electrons. The van der Waals surface area contributed by atoms with Gasteiger partial charge in [0, 0.05) is 0 Å². The third-order valence-electron chi connectivity index (χ3n) is 5.48. The summed E-state index contributed by atoms with van der Waals surface area (Å²) < 4.78 is 12.8. The number of anilines is 1. The van der Waals surface area contributed by atoms with Crippen molar-refractivity contribution in [2.24, 2.45) is 0 Å². The largest absolute Gasteiger partial charge is 0.462 e. The molecule has 3 aliphatic rings. The molecule has 1 saturated heterocycles. The van der Waals surface area contributed by atoms with Crippen LogP contribution in [0.1, 0.15) is 33.3 Å². The summed E-state index contributed by atoms with van der Waals surface area (Å²) >= 11 is 0. The van der Waals surface area contributed by atoms with Gasteiger partial charge in [-0.2, -0.15) is 0 Å². The number of ether oxygens (including phenoxy) is 2. The molecule has 1 aliphatic carbocycles. The molecule has 23 heavy (non-hydrogen) atoms. The Balaban J connectivity index is 1.71. The van der Waals surface area contributed by atoms with Gasteiger partial charge in [-0.3, -0.25) is 5.32 Å². The molecule has 4 unspecified atom stereocenters. The van der Waals surface area contributed by atoms with Crippen LogP contribution in [0.5, 0.6) is 5.75 Å². The summed E-state index contributed by atoms with van der Waals surface area (Å²) in [5.74, 6) is 0.877. The van der Waals surface area contributed by atoms with Gasteiger partial charge >= 0.3 is 0 Å². The number of rotatable bonds is 1. The van der Waals surface area contributed by atoms with E-state index in [0.29, 0.717) is 0 Å². The Morgan fingerprint density at radius 3 is 2.57 bits per heavy atom. The molecule has 1 fully saturated rings. The average Bonchev–Trinajstić information content (AvgIpc) is 2.97. The van der Waals surface area contributed by atoms with E-state index < -0.39 is 11.4 Å². The number of aryl methyl sites for hydroxylation is 1. The van der Waals surface area contributed by atoms with Crippen molar-refractivity contribution in [2.75, 3.05) is 5.32 Å². The van der Waals surface area contributed by atoms with Crippen molar-refractivity contribution in [3.05, 3.63) is 47.6 Å². The first-order chi connectivity index (χ1) is 10.8. The minimum atomic E-state index is -0.685. The van der Waals surface area contributed by atoms with Crippen LogP contribution in [0.4, 0.5) is 5.69 Å². The maximum absolute atomic E-state index is 6.54. The lowest BCUT2D eigenvalue weighted by atomic mass is 9.87. The minimum absolute atomic E-state index is 0.143. The number of hydrogen-bond donors (Lipinski definition) is 2. The quantitative estimate of drug-likeness (QED) is 0.833. The van der Waals surface area contributed by atoms with Crippen LogP contribution < -0.4 is 15.4 Å². The molecule has 0 saturated carbocycles. The zero-order valence-corrected chi connectivity index (χ0v) is 14.4. The zero-order valence-electron chi connectivity index (χ0n) is 14.4. The third kappa shape index (κ3) is 1.91. The number of benzene rings is 1. The molecule has 0 aromatic heterocycles. The predicted octanol–water partition coefficient (Wildman–Crippen LogP) is 3.49. The van der Waals surface area contributed by atoms with Gasteiger partial charge in [0.15, 0.2) is 5.72 Å². The summed E-state index contributed by atoms with van der Waals surface area (Å²) in [7, 11) is 0. The second-order valence-corrected chi connectivity index (χ2v) is 7.37. The summed E-state index contributed by atoms with van der Waals surface area (Å²) in [6.45, 7) is 10.5. The maximum Gasteiger partial charge on any atom is 0.220 e. The fourth-order valence-corrected chi connectivity index (χ4v) is 3.95. The fourth-order valence-electron chi connectivity index (χ4n) is 3.95. The molecule has 2 N–H and O–H groups in total. The third-order valence-corrected chi connectivity index (χ3v) is 5.48. The van der Waals surface area contributed by atoms with Crippen LogP contribution >= 0.6 is 0 Å². The number of para-hydroxylation sites is 1. The van der Waals surface area contributed by atoms with Crippen LogP contribution in [0.15, 0.2) is 42.0 Å². The van der Waals surface area contributed by atoms with E-state index in [2.05, 4.69) is 62.6 Å². The normalized spacial score (nSPS) is 40.9. The minimum Gasteiger partial charge on any atom is -0.462 e. The Hall–Kier alpha value is -1.78. The van der Waals surface area contributed by atoms with E-state index in [0.717, 1.165) is 11.4 Å². The van der Waals surface area contributed by atoms with E-state index in [1.165, 1.54) is 11.1 Å². The van der Waals surface area contributed by atoms with Crippen LogP contribution in [0, 0.1) is 6.92 Å². The van der Waals surface area contributed by atoms with Gasteiger partial charge in [-0.1, -0.05) is 35.9 Å². The molecule has 4 heteroatoms. The van der Waals surface area contributed by atoms with Crippen LogP contribution in [0.3, 0.4) is 0 Å². The molecular weight excluding hydrogens is 288 g/mol. The second-order valence-electron chi connectivity index (χ2n) is 7.37. The summed E-state index contributed by atoms with van der Waals surface area (Å²) in [5.41, 5.74) is 1.77. The molecule has 4 nitrogen and oxygen atoms in total. The van der Waals surface area contributed by atoms with E-state index in [9.17, 15) is 0 Å². The Bertz CT molecular complexity index is 741. The maximum atomic E-state index is 6.54. The number of hydrogen-bond acceptors (Lipinski definition) is 4. The first-order valence-electron chi connectivity index (χ1n) is 8.17. The molecule has 2 heterocycles. The van der Waals surface area contributed by atoms with Crippen molar-refractivity contribution in [2.45, 2.75) is 57.7 Å². The van der Waals surface area contributed by atoms with Gasteiger partial charge in [0.25, 0.3) is 0 Å². The number of nitrogens with one attached hydrogen (secondary N) is 2. The summed E-state index contributed by atoms with van der Waals surface area (Å²) in [6.07, 6.45) is 6.34. The highest BCUT2D eigenvalue weighted by Gasteiger charge is 2.61. The van der Waals surface area contributed by atoms with Crippen LogP contribution in [0.25, 0.3) is 0 Å². The summed E-state index contributed by atoms with van der Waals surface area (Å²) in [5, 5.41) is 7.22. The molecule has 2 aliphatic heterocycles. The van der Waals surface area contributed by atoms with Gasteiger partial charge in [-0.15, -0.1) is 0 Å². The lowest BCUT2D eigenvalue weighted by Gasteiger charge is -2.40. The molecule has 0 amide bonds. The average molecular weight is 312 g/mol. The van der Waals surface area contributed by atoms with E-state index in [4.69, 9.17) is 9.47 Å². The van der Waals surface area contributed by atoms with E-state index in [1.807, 2.05) is 19.1 Å². The van der Waals surface area contributed by atoms with Crippen LogP contribution in [-0.2, 0) is 4.74 Å². The first-order valence-corrected chi connectivity index (χ1v) is 8.17. The highest BCUT2D eigenvalue weighted by atomic mass is 16.6. The number of allylic oxidation sites excluding steroid dienone is 2. The predicted molar refractivity (Wildman–Crippen MR) is 91.6 cm³/mol. The van der Waals surface area contributed by atoms with Crippen molar-refractivity contribution in [3.63, 3.8) is 0 Å². The SMILES string of the molecule is CC1=CC=CC2(C)OC(C)(C3(C)Nc4c(C)cccc4O3)NC12. The van der Waals surface area contributed by atoms with E-state index in [-0.39, 0.29) is 11.6 Å². The van der Waals surface area contributed by atoms with Crippen molar-refractivity contribution in [1.82, 2.24) is 5.32 Å². The van der Waals surface area contributed by atoms with Gasteiger partial charge < -0.3 is 14.8 Å². The van der Waals surface area contributed by atoms with E-state index in [1.54, 1.807) is 0 Å². The van der Waals surface area contributed by atoms with Gasteiger partial charge in [-0.05, 0) is 46.2 Å². The monoisotopic (exact) mass is 312 g/mol. The van der Waals surface area contributed by atoms with E-state index >= 15 is 0 Å². The second kappa shape index (κ2) is 4.40. The van der Waals surface area contributed by atoms with Gasteiger partial charge in [0.05, 0.1) is 11.7 Å². The summed E-state index contributed by atoms with van der Waals surface area (Å²) in [4.78, 5) is 0. The van der Waals surface area contributed by atoms with Crippen LogP contribution in [0.2, 0.25) is 0 Å². The Morgan fingerprint density at radius 2 is 1.87 bits per heavy atom. The molecule has 0 spiro atoms.